The Kier molecular flexibility index (Phi) is 7.02. The molecule has 116 valence electrons. The lowest BCUT2D eigenvalue weighted by atomic mass is 9.99. The number of hydrogen-bond acceptors (Lipinski definition) is 3. The second-order valence-electron chi connectivity index (χ2n) is 4.80. The molecular formula is C15H21ClN2O3. The summed E-state index contributed by atoms with van der Waals surface area (Å²) in [4.78, 5) is 23.6. The third kappa shape index (κ3) is 5.27. The van der Waals surface area contributed by atoms with Crippen LogP contribution in [0.4, 0.5) is 4.79 Å². The van der Waals surface area contributed by atoms with E-state index >= 15 is 0 Å². The average molecular weight is 313 g/mol. The highest BCUT2D eigenvalue weighted by molar-refractivity contribution is 6.31. The fraction of sp³-hybridized carbons (Fsp3) is 0.467. The minimum atomic E-state index is -0.661. The molecule has 0 aliphatic carbocycles. The van der Waals surface area contributed by atoms with Crippen molar-refractivity contribution in [3.8, 4) is 0 Å². The summed E-state index contributed by atoms with van der Waals surface area (Å²) in [6.45, 7) is 4.12. The van der Waals surface area contributed by atoms with E-state index in [4.69, 9.17) is 16.3 Å². The molecule has 0 heterocycles. The average Bonchev–Trinajstić information content (AvgIpc) is 2.50. The number of carbonyl (C=O) groups excluding carboxylic acids is 2. The molecule has 2 N–H and O–H groups in total. The number of amides is 2. The van der Waals surface area contributed by atoms with Crippen LogP contribution < -0.4 is 10.6 Å². The zero-order valence-electron chi connectivity index (χ0n) is 12.5. The topological polar surface area (TPSA) is 67.4 Å². The van der Waals surface area contributed by atoms with E-state index in [1.807, 2.05) is 32.0 Å². The van der Waals surface area contributed by atoms with Gasteiger partial charge in [-0.1, -0.05) is 50.1 Å². The molecule has 1 rings (SSSR count). The first-order valence-electron chi connectivity index (χ1n) is 6.85. The number of ether oxygens (including phenoxy) is 1. The van der Waals surface area contributed by atoms with Crippen molar-refractivity contribution in [2.75, 3.05) is 7.11 Å². The van der Waals surface area contributed by atoms with Gasteiger partial charge in [-0.3, -0.25) is 0 Å². The quantitative estimate of drug-likeness (QED) is 0.794. The van der Waals surface area contributed by atoms with Crippen LogP contribution in [0, 0.1) is 5.92 Å². The molecule has 1 aromatic carbocycles. The summed E-state index contributed by atoms with van der Waals surface area (Å²) in [6.07, 6.45) is 0.755. The predicted octanol–water partition coefficient (Wildman–Crippen LogP) is 2.73. The zero-order valence-corrected chi connectivity index (χ0v) is 13.2. The zero-order chi connectivity index (χ0) is 15.8. The molecule has 0 aliphatic heterocycles. The Hall–Kier alpha value is -1.75. The normalized spacial score (nSPS) is 13.1. The van der Waals surface area contributed by atoms with Crippen LogP contribution >= 0.6 is 11.6 Å². The lowest BCUT2D eigenvalue weighted by Crippen LogP contribution is -2.49. The Morgan fingerprint density at radius 2 is 2.00 bits per heavy atom. The highest BCUT2D eigenvalue weighted by Crippen LogP contribution is 2.14. The fourth-order valence-corrected chi connectivity index (χ4v) is 2.01. The van der Waals surface area contributed by atoms with Crippen LogP contribution in [0.2, 0.25) is 5.02 Å². The van der Waals surface area contributed by atoms with Gasteiger partial charge in [0.2, 0.25) is 0 Å². The number of carbonyl (C=O) groups is 2. The van der Waals surface area contributed by atoms with Gasteiger partial charge >= 0.3 is 12.0 Å². The number of nitrogens with one attached hydrogen (secondary N) is 2. The highest BCUT2D eigenvalue weighted by Gasteiger charge is 2.26. The van der Waals surface area contributed by atoms with Gasteiger partial charge < -0.3 is 15.4 Å². The number of hydrogen-bond donors (Lipinski definition) is 2. The molecule has 0 saturated carbocycles. The Labute approximate surface area is 130 Å². The van der Waals surface area contributed by atoms with Crippen molar-refractivity contribution in [1.29, 1.82) is 0 Å². The first kappa shape index (κ1) is 17.3. The van der Waals surface area contributed by atoms with Crippen LogP contribution in [0.1, 0.15) is 25.8 Å². The molecule has 2 atom stereocenters. The molecule has 0 radical (unpaired) electrons. The van der Waals surface area contributed by atoms with Gasteiger partial charge in [0.05, 0.1) is 7.11 Å². The van der Waals surface area contributed by atoms with Crippen LogP contribution in [0.3, 0.4) is 0 Å². The molecule has 6 heteroatoms. The summed E-state index contributed by atoms with van der Waals surface area (Å²) in [6, 6.07) is 6.17. The van der Waals surface area contributed by atoms with Crippen LogP contribution in [-0.2, 0) is 16.1 Å². The third-order valence-electron chi connectivity index (χ3n) is 3.35. The summed E-state index contributed by atoms with van der Waals surface area (Å²) in [5.74, 6) is -0.458. The number of benzene rings is 1. The number of halogens is 1. The van der Waals surface area contributed by atoms with E-state index < -0.39 is 18.0 Å². The second-order valence-corrected chi connectivity index (χ2v) is 5.21. The summed E-state index contributed by atoms with van der Waals surface area (Å²) in [5.41, 5.74) is 0.812. The van der Waals surface area contributed by atoms with Crippen molar-refractivity contribution in [2.45, 2.75) is 32.9 Å². The fourth-order valence-electron chi connectivity index (χ4n) is 1.81. The Balaban J connectivity index is 2.58. The first-order chi connectivity index (χ1) is 9.99. The van der Waals surface area contributed by atoms with Gasteiger partial charge in [0.15, 0.2) is 0 Å². The SMILES string of the molecule is CCC(C)C(NC(=O)NCc1ccccc1Cl)C(=O)OC. The van der Waals surface area contributed by atoms with Crippen molar-refractivity contribution in [1.82, 2.24) is 10.6 Å². The van der Waals surface area contributed by atoms with Crippen molar-refractivity contribution in [3.05, 3.63) is 34.9 Å². The number of esters is 1. The Morgan fingerprint density at radius 3 is 2.57 bits per heavy atom. The van der Waals surface area contributed by atoms with Gasteiger partial charge in [-0.2, -0.15) is 0 Å². The summed E-state index contributed by atoms with van der Waals surface area (Å²) in [7, 11) is 1.31. The summed E-state index contributed by atoms with van der Waals surface area (Å²) < 4.78 is 4.72. The van der Waals surface area contributed by atoms with Crippen LogP contribution in [-0.4, -0.2) is 25.2 Å². The monoisotopic (exact) mass is 312 g/mol. The van der Waals surface area contributed by atoms with Crippen molar-refractivity contribution in [3.63, 3.8) is 0 Å². The smallest absolute Gasteiger partial charge is 0.328 e. The predicted molar refractivity (Wildman–Crippen MR) is 82.1 cm³/mol. The molecule has 0 aliphatic rings. The lowest BCUT2D eigenvalue weighted by molar-refractivity contribution is -0.144. The molecule has 2 amide bonds. The van der Waals surface area contributed by atoms with Crippen molar-refractivity contribution < 1.29 is 14.3 Å². The van der Waals surface area contributed by atoms with E-state index in [0.29, 0.717) is 11.6 Å². The van der Waals surface area contributed by atoms with E-state index in [1.54, 1.807) is 6.07 Å². The molecule has 0 saturated heterocycles. The maximum atomic E-state index is 11.9. The highest BCUT2D eigenvalue weighted by atomic mass is 35.5. The summed E-state index contributed by atoms with van der Waals surface area (Å²) in [5, 5.41) is 5.91. The van der Waals surface area contributed by atoms with Gasteiger partial charge in [0, 0.05) is 11.6 Å². The number of rotatable bonds is 6. The lowest BCUT2D eigenvalue weighted by Gasteiger charge is -2.22. The minimum absolute atomic E-state index is 0.0106. The van der Waals surface area contributed by atoms with Crippen molar-refractivity contribution >= 4 is 23.6 Å². The van der Waals surface area contributed by atoms with Gasteiger partial charge in [-0.15, -0.1) is 0 Å². The van der Waals surface area contributed by atoms with Gasteiger partial charge in [0.1, 0.15) is 6.04 Å². The van der Waals surface area contributed by atoms with Crippen molar-refractivity contribution in [2.24, 2.45) is 5.92 Å². The van der Waals surface area contributed by atoms with Gasteiger partial charge in [0.25, 0.3) is 0 Å². The Morgan fingerprint density at radius 1 is 1.33 bits per heavy atom. The first-order valence-corrected chi connectivity index (χ1v) is 7.23. The van der Waals surface area contributed by atoms with Gasteiger partial charge in [-0.05, 0) is 17.5 Å². The molecule has 0 fully saturated rings. The summed E-state index contributed by atoms with van der Waals surface area (Å²) >= 11 is 6.01. The molecule has 0 spiro atoms. The maximum absolute atomic E-state index is 11.9. The van der Waals surface area contributed by atoms with E-state index in [0.717, 1.165) is 12.0 Å². The van der Waals surface area contributed by atoms with Crippen LogP contribution in [0.15, 0.2) is 24.3 Å². The molecule has 2 unspecified atom stereocenters. The molecule has 0 aromatic heterocycles. The molecule has 21 heavy (non-hydrogen) atoms. The van der Waals surface area contributed by atoms with E-state index in [2.05, 4.69) is 10.6 Å². The van der Waals surface area contributed by atoms with Gasteiger partial charge in [-0.25, -0.2) is 9.59 Å². The van der Waals surface area contributed by atoms with Crippen LogP contribution in [0.25, 0.3) is 0 Å². The maximum Gasteiger partial charge on any atom is 0.328 e. The minimum Gasteiger partial charge on any atom is -0.467 e. The van der Waals surface area contributed by atoms with E-state index in [9.17, 15) is 9.59 Å². The molecular weight excluding hydrogens is 292 g/mol. The molecule has 0 bridgehead atoms. The van der Waals surface area contributed by atoms with E-state index in [1.165, 1.54) is 7.11 Å². The second kappa shape index (κ2) is 8.52. The number of methoxy groups -OCH3 is 1. The largest absolute Gasteiger partial charge is 0.467 e. The molecule has 1 aromatic rings. The van der Waals surface area contributed by atoms with Crippen LogP contribution in [0.5, 0.6) is 0 Å². The Bertz CT molecular complexity index is 494. The molecule has 5 nitrogen and oxygen atoms in total. The third-order valence-corrected chi connectivity index (χ3v) is 3.72. The standard InChI is InChI=1S/C15H21ClN2O3/c1-4-10(2)13(14(19)21-3)18-15(20)17-9-11-7-5-6-8-12(11)16/h5-8,10,13H,4,9H2,1-3H3,(H2,17,18,20). The van der Waals surface area contributed by atoms with E-state index in [-0.39, 0.29) is 5.92 Å². The number of urea groups is 1.